The van der Waals surface area contributed by atoms with Crippen LogP contribution in [0.2, 0.25) is 0 Å². The van der Waals surface area contributed by atoms with Crippen molar-refractivity contribution in [3.8, 4) is 0 Å². The maximum Gasteiger partial charge on any atom is 0.433 e. The number of hydrogen-bond donors (Lipinski definition) is 0. The summed E-state index contributed by atoms with van der Waals surface area (Å²) < 4.78 is 6.99. The standard InChI is InChI=1S/C12H9N3O4S/c1-7-5-20-11-10(7)13-6-14(12(11)16)4-8-2-3-9(19-8)15(17)18/h2-3,5-6H,4H2,1H3. The van der Waals surface area contributed by atoms with Gasteiger partial charge < -0.3 is 4.42 Å². The van der Waals surface area contributed by atoms with Gasteiger partial charge in [0, 0.05) is 0 Å². The summed E-state index contributed by atoms with van der Waals surface area (Å²) in [6, 6.07) is 2.75. The maximum absolute atomic E-state index is 12.2. The molecule has 0 saturated carbocycles. The van der Waals surface area contributed by atoms with Crippen molar-refractivity contribution < 1.29 is 9.34 Å². The normalized spacial score (nSPS) is 11.1. The SMILES string of the molecule is Cc1csc2c(=O)n(Cc3ccc([N+](=O)[O-])o3)cnc12. The summed E-state index contributed by atoms with van der Waals surface area (Å²) in [5.74, 6) is 0.00211. The van der Waals surface area contributed by atoms with Crippen LogP contribution in [0, 0.1) is 17.0 Å². The molecule has 0 aliphatic carbocycles. The Balaban J connectivity index is 2.00. The van der Waals surface area contributed by atoms with Gasteiger partial charge in [-0.25, -0.2) is 4.98 Å². The van der Waals surface area contributed by atoms with E-state index in [9.17, 15) is 14.9 Å². The highest BCUT2D eigenvalue weighted by molar-refractivity contribution is 7.17. The first-order chi connectivity index (χ1) is 9.56. The summed E-state index contributed by atoms with van der Waals surface area (Å²) >= 11 is 1.34. The van der Waals surface area contributed by atoms with Gasteiger partial charge >= 0.3 is 5.88 Å². The number of furan rings is 1. The molecule has 0 bridgehead atoms. The Hall–Kier alpha value is -2.48. The fourth-order valence-corrected chi connectivity index (χ4v) is 2.84. The van der Waals surface area contributed by atoms with Crippen molar-refractivity contribution in [2.45, 2.75) is 13.5 Å². The number of nitrogens with zero attached hydrogens (tertiary/aromatic N) is 3. The van der Waals surface area contributed by atoms with Crippen LogP contribution in [0.5, 0.6) is 0 Å². The van der Waals surface area contributed by atoms with E-state index in [0.717, 1.165) is 5.56 Å². The monoisotopic (exact) mass is 291 g/mol. The molecule has 0 atom stereocenters. The first kappa shape index (κ1) is 12.5. The molecule has 0 fully saturated rings. The molecule has 0 amide bonds. The third-order valence-electron chi connectivity index (χ3n) is 2.88. The quantitative estimate of drug-likeness (QED) is 0.545. The van der Waals surface area contributed by atoms with Gasteiger partial charge in [0.05, 0.1) is 24.5 Å². The fourth-order valence-electron chi connectivity index (χ4n) is 1.89. The molecule has 7 nitrogen and oxygen atoms in total. The van der Waals surface area contributed by atoms with Gasteiger partial charge in [0.15, 0.2) is 0 Å². The van der Waals surface area contributed by atoms with Crippen LogP contribution in [0.3, 0.4) is 0 Å². The molecular weight excluding hydrogens is 282 g/mol. The van der Waals surface area contributed by atoms with Crippen molar-refractivity contribution in [2.75, 3.05) is 0 Å². The van der Waals surface area contributed by atoms with Crippen molar-refractivity contribution in [1.29, 1.82) is 0 Å². The predicted molar refractivity (Wildman–Crippen MR) is 73.1 cm³/mol. The number of hydrogen-bond acceptors (Lipinski definition) is 6. The highest BCUT2D eigenvalue weighted by Gasteiger charge is 2.14. The van der Waals surface area contributed by atoms with E-state index in [-0.39, 0.29) is 18.0 Å². The highest BCUT2D eigenvalue weighted by atomic mass is 32.1. The van der Waals surface area contributed by atoms with E-state index in [2.05, 4.69) is 4.98 Å². The van der Waals surface area contributed by atoms with E-state index < -0.39 is 4.92 Å². The number of nitro groups is 1. The molecule has 0 spiro atoms. The molecule has 8 heteroatoms. The third-order valence-corrected chi connectivity index (χ3v) is 3.95. The van der Waals surface area contributed by atoms with E-state index in [1.165, 1.54) is 34.4 Å². The van der Waals surface area contributed by atoms with Crippen molar-refractivity contribution in [2.24, 2.45) is 0 Å². The van der Waals surface area contributed by atoms with E-state index >= 15 is 0 Å². The summed E-state index contributed by atoms with van der Waals surface area (Å²) in [5.41, 5.74) is 1.48. The molecule has 0 aliphatic rings. The summed E-state index contributed by atoms with van der Waals surface area (Å²) in [5, 5.41) is 12.4. The molecule has 3 rings (SSSR count). The number of rotatable bonds is 3. The zero-order chi connectivity index (χ0) is 14.3. The van der Waals surface area contributed by atoms with Gasteiger partial charge in [-0.05, 0) is 23.9 Å². The lowest BCUT2D eigenvalue weighted by atomic mass is 10.3. The average Bonchev–Trinajstić information content (AvgIpc) is 3.01. The van der Waals surface area contributed by atoms with Gasteiger partial charge in [0.25, 0.3) is 5.56 Å². The Kier molecular flexibility index (Phi) is 2.87. The van der Waals surface area contributed by atoms with Crippen LogP contribution in [0.4, 0.5) is 5.88 Å². The molecule has 3 aromatic heterocycles. The van der Waals surface area contributed by atoms with Gasteiger partial charge in [-0.2, -0.15) is 0 Å². The van der Waals surface area contributed by atoms with Crippen LogP contribution in [0.25, 0.3) is 10.2 Å². The summed E-state index contributed by atoms with van der Waals surface area (Å²) in [7, 11) is 0. The number of thiophene rings is 1. The molecule has 3 heterocycles. The first-order valence-corrected chi connectivity index (χ1v) is 6.60. The van der Waals surface area contributed by atoms with Gasteiger partial charge in [-0.15, -0.1) is 11.3 Å². The van der Waals surface area contributed by atoms with E-state index in [1.807, 2.05) is 12.3 Å². The number of fused-ring (bicyclic) bond motifs is 1. The molecule has 0 N–H and O–H groups in total. The van der Waals surface area contributed by atoms with E-state index in [4.69, 9.17) is 4.42 Å². The number of aryl methyl sites for hydroxylation is 1. The van der Waals surface area contributed by atoms with Crippen molar-refractivity contribution in [3.05, 3.63) is 55.6 Å². The van der Waals surface area contributed by atoms with Crippen LogP contribution in [0.15, 0.2) is 33.1 Å². The minimum Gasteiger partial charge on any atom is -0.404 e. The summed E-state index contributed by atoms with van der Waals surface area (Å²) in [6.07, 6.45) is 1.43. The zero-order valence-corrected chi connectivity index (χ0v) is 11.2. The average molecular weight is 291 g/mol. The lowest BCUT2D eigenvalue weighted by Crippen LogP contribution is -2.20. The van der Waals surface area contributed by atoms with Gasteiger partial charge in [0.1, 0.15) is 15.4 Å². The van der Waals surface area contributed by atoms with Crippen LogP contribution in [0.1, 0.15) is 11.3 Å². The molecule has 0 unspecified atom stereocenters. The highest BCUT2D eigenvalue weighted by Crippen LogP contribution is 2.20. The van der Waals surface area contributed by atoms with Gasteiger partial charge in [-0.1, -0.05) is 0 Å². The molecule has 0 saturated heterocycles. The zero-order valence-electron chi connectivity index (χ0n) is 10.4. The van der Waals surface area contributed by atoms with Gasteiger partial charge in [0.2, 0.25) is 0 Å². The second-order valence-corrected chi connectivity index (χ2v) is 5.15. The Morgan fingerprint density at radius 2 is 2.30 bits per heavy atom. The Labute approximate surface area is 116 Å². The first-order valence-electron chi connectivity index (χ1n) is 5.72. The van der Waals surface area contributed by atoms with Crippen LogP contribution < -0.4 is 5.56 Å². The maximum atomic E-state index is 12.2. The Bertz CT molecular complexity index is 861. The lowest BCUT2D eigenvalue weighted by Gasteiger charge is -2.02. The molecular formula is C12H9N3O4S. The van der Waals surface area contributed by atoms with Crippen LogP contribution in [-0.4, -0.2) is 14.5 Å². The van der Waals surface area contributed by atoms with Gasteiger partial charge in [-0.3, -0.25) is 19.5 Å². The van der Waals surface area contributed by atoms with Crippen molar-refractivity contribution in [3.63, 3.8) is 0 Å². The molecule has 0 radical (unpaired) electrons. The van der Waals surface area contributed by atoms with E-state index in [1.54, 1.807) is 0 Å². The third kappa shape index (κ3) is 1.99. The molecule has 20 heavy (non-hydrogen) atoms. The number of aromatic nitrogens is 2. The van der Waals surface area contributed by atoms with Crippen molar-refractivity contribution >= 4 is 27.4 Å². The Morgan fingerprint density at radius 3 is 3.00 bits per heavy atom. The minimum absolute atomic E-state index is 0.118. The molecule has 3 aromatic rings. The molecule has 0 aliphatic heterocycles. The topological polar surface area (TPSA) is 91.2 Å². The minimum atomic E-state index is -0.615. The fraction of sp³-hybridized carbons (Fsp3) is 0.167. The molecule has 0 aromatic carbocycles. The second-order valence-electron chi connectivity index (χ2n) is 4.27. The van der Waals surface area contributed by atoms with Crippen LogP contribution >= 0.6 is 11.3 Å². The lowest BCUT2D eigenvalue weighted by molar-refractivity contribution is -0.402. The van der Waals surface area contributed by atoms with Crippen molar-refractivity contribution in [1.82, 2.24) is 9.55 Å². The summed E-state index contributed by atoms with van der Waals surface area (Å²) in [6.45, 7) is 2.01. The smallest absolute Gasteiger partial charge is 0.404 e. The molecule has 102 valence electrons. The predicted octanol–water partition coefficient (Wildman–Crippen LogP) is 2.32. The largest absolute Gasteiger partial charge is 0.433 e. The van der Waals surface area contributed by atoms with E-state index in [0.29, 0.717) is 16.0 Å². The van der Waals surface area contributed by atoms with Crippen LogP contribution in [-0.2, 0) is 6.54 Å². The Morgan fingerprint density at radius 1 is 1.50 bits per heavy atom. The summed E-state index contributed by atoms with van der Waals surface area (Å²) in [4.78, 5) is 26.4. The second kappa shape index (κ2) is 4.57.